The van der Waals surface area contributed by atoms with E-state index in [-0.39, 0.29) is 17.1 Å². The maximum Gasteiger partial charge on any atom is 0.251 e. The Hall–Kier alpha value is -1.55. The quantitative estimate of drug-likeness (QED) is 0.758. The van der Waals surface area contributed by atoms with Gasteiger partial charge in [0.1, 0.15) is 5.75 Å². The van der Waals surface area contributed by atoms with E-state index in [1.165, 1.54) is 18.9 Å². The van der Waals surface area contributed by atoms with Crippen molar-refractivity contribution in [1.29, 1.82) is 0 Å². The molecule has 1 aliphatic rings. The molecule has 1 fully saturated rings. The molecule has 1 aromatic rings. The van der Waals surface area contributed by atoms with E-state index in [4.69, 9.17) is 5.73 Å². The summed E-state index contributed by atoms with van der Waals surface area (Å²) in [4.78, 5) is 11.9. The van der Waals surface area contributed by atoms with Crippen LogP contribution < -0.4 is 11.1 Å². The van der Waals surface area contributed by atoms with E-state index in [0.29, 0.717) is 18.7 Å². The van der Waals surface area contributed by atoms with Gasteiger partial charge in [-0.05, 0) is 43.0 Å². The number of rotatable bonds is 4. The highest BCUT2D eigenvalue weighted by Gasteiger charge is 2.32. The predicted molar refractivity (Wildman–Crippen MR) is 70.4 cm³/mol. The van der Waals surface area contributed by atoms with Crippen LogP contribution in [0.2, 0.25) is 0 Å². The summed E-state index contributed by atoms with van der Waals surface area (Å²) in [5.74, 6) is -0.0392. The molecular formula is C14H20N2O2. The summed E-state index contributed by atoms with van der Waals surface area (Å²) in [5, 5.41) is 12.3. The summed E-state index contributed by atoms with van der Waals surface area (Å²) in [6.07, 6.45) is 4.56. The maximum atomic E-state index is 11.9. The molecule has 0 aromatic heterocycles. The van der Waals surface area contributed by atoms with Gasteiger partial charge in [-0.15, -0.1) is 0 Å². The molecule has 1 saturated carbocycles. The topological polar surface area (TPSA) is 75.3 Å². The van der Waals surface area contributed by atoms with E-state index in [0.717, 1.165) is 12.8 Å². The van der Waals surface area contributed by atoms with Gasteiger partial charge in [0.05, 0.1) is 0 Å². The highest BCUT2D eigenvalue weighted by atomic mass is 16.3. The number of benzene rings is 1. The first-order valence-corrected chi connectivity index (χ1v) is 6.43. The smallest absolute Gasteiger partial charge is 0.251 e. The number of phenols is 1. The first kappa shape index (κ1) is 12.9. The fourth-order valence-corrected chi connectivity index (χ4v) is 2.60. The molecule has 0 bridgehead atoms. The molecule has 4 N–H and O–H groups in total. The van der Waals surface area contributed by atoms with Crippen molar-refractivity contribution >= 4 is 5.91 Å². The molecule has 0 aliphatic heterocycles. The third-order valence-corrected chi connectivity index (χ3v) is 3.83. The molecule has 0 atom stereocenters. The van der Waals surface area contributed by atoms with E-state index < -0.39 is 0 Å². The number of aromatic hydroxyl groups is 1. The molecule has 1 aromatic carbocycles. The number of carbonyl (C=O) groups excluding carboxylic acids is 1. The van der Waals surface area contributed by atoms with Gasteiger partial charge in [0.2, 0.25) is 0 Å². The molecule has 4 nitrogen and oxygen atoms in total. The van der Waals surface area contributed by atoms with Crippen molar-refractivity contribution in [3.05, 3.63) is 29.8 Å². The Kier molecular flexibility index (Phi) is 3.87. The Labute approximate surface area is 107 Å². The summed E-state index contributed by atoms with van der Waals surface area (Å²) in [5.41, 5.74) is 6.39. The van der Waals surface area contributed by atoms with E-state index in [1.54, 1.807) is 18.2 Å². The van der Waals surface area contributed by atoms with Gasteiger partial charge in [-0.25, -0.2) is 0 Å². The second kappa shape index (κ2) is 5.40. The monoisotopic (exact) mass is 248 g/mol. The second-order valence-electron chi connectivity index (χ2n) is 5.14. The predicted octanol–water partition coefficient (Wildman–Crippen LogP) is 1.64. The highest BCUT2D eigenvalue weighted by Crippen LogP contribution is 2.36. The molecule has 0 spiro atoms. The van der Waals surface area contributed by atoms with E-state index in [2.05, 4.69) is 5.32 Å². The summed E-state index contributed by atoms with van der Waals surface area (Å²) >= 11 is 0. The minimum Gasteiger partial charge on any atom is -0.508 e. The number of hydrogen-bond acceptors (Lipinski definition) is 3. The van der Waals surface area contributed by atoms with Crippen molar-refractivity contribution in [3.63, 3.8) is 0 Å². The zero-order chi connectivity index (χ0) is 13.0. The van der Waals surface area contributed by atoms with Crippen LogP contribution in [0.3, 0.4) is 0 Å². The van der Waals surface area contributed by atoms with Crippen molar-refractivity contribution in [2.75, 3.05) is 13.1 Å². The summed E-state index contributed by atoms with van der Waals surface area (Å²) in [6, 6.07) is 6.38. The van der Waals surface area contributed by atoms with Crippen LogP contribution in [0.15, 0.2) is 24.3 Å². The van der Waals surface area contributed by atoms with Gasteiger partial charge in [-0.3, -0.25) is 4.79 Å². The standard InChI is InChI=1S/C14H20N2O2/c15-9-14(6-1-2-7-14)10-16-13(18)11-4-3-5-12(17)8-11/h3-5,8,17H,1-2,6-7,9-10,15H2,(H,16,18). The number of nitrogens with one attached hydrogen (secondary N) is 1. The number of phenolic OH excluding ortho intramolecular Hbond substituents is 1. The molecule has 2 rings (SSSR count). The van der Waals surface area contributed by atoms with Crippen LogP contribution in [0.4, 0.5) is 0 Å². The fraction of sp³-hybridized carbons (Fsp3) is 0.500. The van der Waals surface area contributed by atoms with Gasteiger partial charge in [-0.2, -0.15) is 0 Å². The molecule has 1 aliphatic carbocycles. The Morgan fingerprint density at radius 2 is 2.11 bits per heavy atom. The molecule has 18 heavy (non-hydrogen) atoms. The van der Waals surface area contributed by atoms with E-state index >= 15 is 0 Å². The zero-order valence-electron chi connectivity index (χ0n) is 10.5. The van der Waals surface area contributed by atoms with Gasteiger partial charge in [0, 0.05) is 12.1 Å². The Bertz CT molecular complexity index is 426. The molecule has 0 saturated heterocycles. The second-order valence-corrected chi connectivity index (χ2v) is 5.14. The maximum absolute atomic E-state index is 11.9. The largest absolute Gasteiger partial charge is 0.508 e. The first-order chi connectivity index (χ1) is 8.65. The van der Waals surface area contributed by atoms with Crippen LogP contribution in [0.1, 0.15) is 36.0 Å². The number of hydrogen-bond donors (Lipinski definition) is 3. The number of nitrogens with two attached hydrogens (primary N) is 1. The molecule has 0 unspecified atom stereocenters. The summed E-state index contributed by atoms with van der Waals surface area (Å²) in [7, 11) is 0. The molecule has 1 amide bonds. The van der Waals surface area contributed by atoms with E-state index in [9.17, 15) is 9.90 Å². The summed E-state index contributed by atoms with van der Waals surface area (Å²) < 4.78 is 0. The Balaban J connectivity index is 1.96. The lowest BCUT2D eigenvalue weighted by Gasteiger charge is -2.27. The van der Waals surface area contributed by atoms with Crippen molar-refractivity contribution in [3.8, 4) is 5.75 Å². The van der Waals surface area contributed by atoms with Gasteiger partial charge >= 0.3 is 0 Å². The molecule has 0 radical (unpaired) electrons. The molecule has 98 valence electrons. The minimum absolute atomic E-state index is 0.0759. The summed E-state index contributed by atoms with van der Waals surface area (Å²) in [6.45, 7) is 1.24. The average molecular weight is 248 g/mol. The molecular weight excluding hydrogens is 228 g/mol. The van der Waals surface area contributed by atoms with Gasteiger partial charge in [0.15, 0.2) is 0 Å². The van der Waals surface area contributed by atoms with Gasteiger partial charge in [-0.1, -0.05) is 18.9 Å². The van der Waals surface area contributed by atoms with Crippen LogP contribution >= 0.6 is 0 Å². The van der Waals surface area contributed by atoms with Crippen molar-refractivity contribution < 1.29 is 9.90 Å². The van der Waals surface area contributed by atoms with Crippen LogP contribution in [0.5, 0.6) is 5.75 Å². The van der Waals surface area contributed by atoms with E-state index in [1.807, 2.05) is 0 Å². The number of carbonyl (C=O) groups is 1. The van der Waals surface area contributed by atoms with Crippen molar-refractivity contribution in [1.82, 2.24) is 5.32 Å². The Morgan fingerprint density at radius 3 is 2.72 bits per heavy atom. The molecule has 0 heterocycles. The average Bonchev–Trinajstić information content (AvgIpc) is 2.85. The van der Waals surface area contributed by atoms with Crippen molar-refractivity contribution in [2.24, 2.45) is 11.1 Å². The van der Waals surface area contributed by atoms with Crippen LogP contribution in [-0.4, -0.2) is 24.1 Å². The highest BCUT2D eigenvalue weighted by molar-refractivity contribution is 5.94. The molecule has 4 heteroatoms. The third-order valence-electron chi connectivity index (χ3n) is 3.83. The lowest BCUT2D eigenvalue weighted by atomic mass is 9.86. The van der Waals surface area contributed by atoms with Gasteiger partial charge < -0.3 is 16.2 Å². The lowest BCUT2D eigenvalue weighted by Crippen LogP contribution is -2.40. The first-order valence-electron chi connectivity index (χ1n) is 6.43. The fourth-order valence-electron chi connectivity index (χ4n) is 2.60. The lowest BCUT2D eigenvalue weighted by molar-refractivity contribution is 0.0931. The van der Waals surface area contributed by atoms with Crippen molar-refractivity contribution in [2.45, 2.75) is 25.7 Å². The minimum atomic E-state index is -0.148. The Morgan fingerprint density at radius 1 is 1.39 bits per heavy atom. The van der Waals surface area contributed by atoms with Crippen LogP contribution in [0.25, 0.3) is 0 Å². The normalized spacial score (nSPS) is 17.6. The van der Waals surface area contributed by atoms with Crippen LogP contribution in [-0.2, 0) is 0 Å². The van der Waals surface area contributed by atoms with Crippen LogP contribution in [0, 0.1) is 5.41 Å². The zero-order valence-corrected chi connectivity index (χ0v) is 10.5. The SMILES string of the molecule is NCC1(CNC(=O)c2cccc(O)c2)CCCC1. The van der Waals surface area contributed by atoms with Gasteiger partial charge in [0.25, 0.3) is 5.91 Å². The third kappa shape index (κ3) is 2.82. The number of amides is 1.